The minimum Gasteiger partial charge on any atom is -0.497 e. The SMILES string of the molecule is COc1ccc2nc3sc(C(=O)Nc4ccccc4F)c(N)c3cc2c1. The number of hydrogen-bond donors (Lipinski definition) is 2. The first-order chi connectivity index (χ1) is 12.6. The van der Waals surface area contributed by atoms with E-state index in [9.17, 15) is 9.18 Å². The number of halogens is 1. The number of thiophene rings is 1. The number of benzene rings is 2. The number of methoxy groups -OCH3 is 1. The van der Waals surface area contributed by atoms with Crippen LogP contribution in [0.3, 0.4) is 0 Å². The van der Waals surface area contributed by atoms with E-state index >= 15 is 0 Å². The van der Waals surface area contributed by atoms with Gasteiger partial charge in [-0.3, -0.25) is 4.79 Å². The molecule has 130 valence electrons. The Bertz CT molecular complexity index is 1160. The molecule has 0 aliphatic rings. The molecular formula is C19H14FN3O2S. The Kier molecular flexibility index (Phi) is 3.93. The monoisotopic (exact) mass is 367 g/mol. The second-order valence-electron chi connectivity index (χ2n) is 5.68. The van der Waals surface area contributed by atoms with Gasteiger partial charge in [0, 0.05) is 10.8 Å². The molecule has 4 aromatic rings. The zero-order valence-electron chi connectivity index (χ0n) is 13.7. The summed E-state index contributed by atoms with van der Waals surface area (Å²) in [5.74, 6) is -0.251. The van der Waals surface area contributed by atoms with Gasteiger partial charge < -0.3 is 15.8 Å². The van der Waals surface area contributed by atoms with Gasteiger partial charge in [0.25, 0.3) is 5.91 Å². The minimum atomic E-state index is -0.503. The number of nitrogens with one attached hydrogen (secondary N) is 1. The fraction of sp³-hybridized carbons (Fsp3) is 0.0526. The molecule has 0 radical (unpaired) electrons. The smallest absolute Gasteiger partial charge is 0.268 e. The van der Waals surface area contributed by atoms with Gasteiger partial charge in [-0.15, -0.1) is 11.3 Å². The predicted octanol–water partition coefficient (Wildman–Crippen LogP) is 4.43. The summed E-state index contributed by atoms with van der Waals surface area (Å²) >= 11 is 1.18. The molecule has 0 saturated carbocycles. The highest BCUT2D eigenvalue weighted by molar-refractivity contribution is 7.21. The lowest BCUT2D eigenvalue weighted by atomic mass is 10.1. The Labute approximate surface area is 152 Å². The lowest BCUT2D eigenvalue weighted by Gasteiger charge is -2.05. The van der Waals surface area contributed by atoms with E-state index < -0.39 is 11.7 Å². The fourth-order valence-electron chi connectivity index (χ4n) is 2.72. The van der Waals surface area contributed by atoms with E-state index in [2.05, 4.69) is 10.3 Å². The molecular weight excluding hydrogens is 353 g/mol. The number of hydrogen-bond acceptors (Lipinski definition) is 5. The molecule has 3 N–H and O–H groups in total. The van der Waals surface area contributed by atoms with Gasteiger partial charge in [-0.1, -0.05) is 12.1 Å². The van der Waals surface area contributed by atoms with Crippen LogP contribution < -0.4 is 15.8 Å². The van der Waals surface area contributed by atoms with Crippen molar-refractivity contribution < 1.29 is 13.9 Å². The van der Waals surface area contributed by atoms with Crippen LogP contribution in [-0.2, 0) is 0 Å². The van der Waals surface area contributed by atoms with Crippen LogP contribution in [0.15, 0.2) is 48.5 Å². The van der Waals surface area contributed by atoms with Crippen LogP contribution in [0, 0.1) is 5.82 Å². The fourth-order valence-corrected chi connectivity index (χ4v) is 3.70. The normalized spacial score (nSPS) is 11.0. The molecule has 0 aliphatic heterocycles. The number of amides is 1. The van der Waals surface area contributed by atoms with Crippen LogP contribution in [0.1, 0.15) is 9.67 Å². The zero-order valence-corrected chi connectivity index (χ0v) is 14.6. The Morgan fingerprint density at radius 2 is 2.04 bits per heavy atom. The van der Waals surface area contributed by atoms with Gasteiger partial charge in [0.15, 0.2) is 0 Å². The van der Waals surface area contributed by atoms with Gasteiger partial charge in [0.1, 0.15) is 21.3 Å². The molecule has 0 fully saturated rings. The van der Waals surface area contributed by atoms with Crippen LogP contribution in [-0.4, -0.2) is 18.0 Å². The van der Waals surface area contributed by atoms with Crippen molar-refractivity contribution in [1.29, 1.82) is 0 Å². The summed E-state index contributed by atoms with van der Waals surface area (Å²) in [5, 5.41) is 4.11. The van der Waals surface area contributed by atoms with Gasteiger partial charge in [-0.05, 0) is 36.4 Å². The molecule has 2 heterocycles. The third kappa shape index (κ3) is 2.72. The van der Waals surface area contributed by atoms with Gasteiger partial charge >= 0.3 is 0 Å². The molecule has 0 spiro atoms. The van der Waals surface area contributed by atoms with Crippen molar-refractivity contribution in [1.82, 2.24) is 4.98 Å². The van der Waals surface area contributed by atoms with Crippen LogP contribution in [0.25, 0.3) is 21.1 Å². The van der Waals surface area contributed by atoms with Crippen LogP contribution in [0.2, 0.25) is 0 Å². The second-order valence-corrected chi connectivity index (χ2v) is 6.68. The summed E-state index contributed by atoms with van der Waals surface area (Å²) in [6, 6.07) is 13.4. The summed E-state index contributed by atoms with van der Waals surface area (Å²) in [6.45, 7) is 0. The summed E-state index contributed by atoms with van der Waals surface area (Å²) in [7, 11) is 1.59. The number of fused-ring (bicyclic) bond motifs is 2. The number of carbonyl (C=O) groups excluding carboxylic acids is 1. The maximum atomic E-state index is 13.8. The highest BCUT2D eigenvalue weighted by atomic mass is 32.1. The van der Waals surface area contributed by atoms with Crippen molar-refractivity contribution in [3.63, 3.8) is 0 Å². The second kappa shape index (κ2) is 6.27. The van der Waals surface area contributed by atoms with E-state index in [0.717, 1.165) is 10.9 Å². The Morgan fingerprint density at radius 1 is 1.23 bits per heavy atom. The molecule has 0 aliphatic carbocycles. The topological polar surface area (TPSA) is 77.2 Å². The predicted molar refractivity (Wildman–Crippen MR) is 102 cm³/mol. The van der Waals surface area contributed by atoms with Crippen molar-refractivity contribution in [3.05, 3.63) is 59.2 Å². The molecule has 0 atom stereocenters. The molecule has 0 saturated heterocycles. The number of nitrogen functional groups attached to an aromatic ring is 1. The van der Waals surface area contributed by atoms with Crippen molar-refractivity contribution in [3.8, 4) is 5.75 Å². The van der Waals surface area contributed by atoms with E-state index in [-0.39, 0.29) is 5.69 Å². The molecule has 2 aromatic carbocycles. The average molecular weight is 367 g/mol. The lowest BCUT2D eigenvalue weighted by molar-refractivity contribution is 0.103. The van der Waals surface area contributed by atoms with Gasteiger partial charge in [0.05, 0.1) is 24.0 Å². The molecule has 0 bridgehead atoms. The van der Waals surface area contributed by atoms with E-state index in [4.69, 9.17) is 10.5 Å². The summed E-state index contributed by atoms with van der Waals surface area (Å²) in [5.41, 5.74) is 7.39. The molecule has 0 unspecified atom stereocenters. The zero-order chi connectivity index (χ0) is 18.3. The number of rotatable bonds is 3. The molecule has 2 aromatic heterocycles. The van der Waals surface area contributed by atoms with Crippen LogP contribution >= 0.6 is 11.3 Å². The van der Waals surface area contributed by atoms with E-state index in [0.29, 0.717) is 26.5 Å². The number of anilines is 2. The third-order valence-electron chi connectivity index (χ3n) is 4.05. The number of carbonyl (C=O) groups is 1. The van der Waals surface area contributed by atoms with Crippen molar-refractivity contribution in [2.75, 3.05) is 18.2 Å². The standard InChI is InChI=1S/C19H14FN3O2S/c1-25-11-6-7-14-10(8-11)9-12-16(21)17(26-19(12)23-14)18(24)22-15-5-3-2-4-13(15)20/h2-9H,21H2,1H3,(H,22,24). The first-order valence-electron chi connectivity index (χ1n) is 7.79. The third-order valence-corrected chi connectivity index (χ3v) is 5.16. The molecule has 1 amide bonds. The first kappa shape index (κ1) is 16.3. The quantitative estimate of drug-likeness (QED) is 0.561. The van der Waals surface area contributed by atoms with E-state index in [1.54, 1.807) is 19.2 Å². The molecule has 26 heavy (non-hydrogen) atoms. The summed E-state index contributed by atoms with van der Waals surface area (Å²) < 4.78 is 19.0. The van der Waals surface area contributed by atoms with Crippen LogP contribution in [0.4, 0.5) is 15.8 Å². The minimum absolute atomic E-state index is 0.109. The Balaban J connectivity index is 1.78. The van der Waals surface area contributed by atoms with Gasteiger partial charge in [-0.2, -0.15) is 0 Å². The largest absolute Gasteiger partial charge is 0.497 e. The highest BCUT2D eigenvalue weighted by Gasteiger charge is 2.19. The van der Waals surface area contributed by atoms with Crippen LogP contribution in [0.5, 0.6) is 5.75 Å². The molecule has 5 nitrogen and oxygen atoms in total. The number of para-hydroxylation sites is 1. The van der Waals surface area contributed by atoms with Gasteiger partial charge in [-0.25, -0.2) is 9.37 Å². The Morgan fingerprint density at radius 3 is 2.81 bits per heavy atom. The average Bonchev–Trinajstić information content (AvgIpc) is 2.97. The molecule has 7 heteroatoms. The maximum Gasteiger partial charge on any atom is 0.268 e. The number of aromatic nitrogens is 1. The maximum absolute atomic E-state index is 13.8. The highest BCUT2D eigenvalue weighted by Crippen LogP contribution is 2.35. The Hall–Kier alpha value is -3.19. The van der Waals surface area contributed by atoms with Gasteiger partial charge in [0.2, 0.25) is 0 Å². The van der Waals surface area contributed by atoms with E-state index in [1.807, 2.05) is 24.3 Å². The number of ether oxygens (including phenoxy) is 1. The number of pyridine rings is 1. The first-order valence-corrected chi connectivity index (χ1v) is 8.61. The number of nitrogens with zero attached hydrogens (tertiary/aromatic N) is 1. The summed E-state index contributed by atoms with van der Waals surface area (Å²) in [6.07, 6.45) is 0. The lowest BCUT2D eigenvalue weighted by Crippen LogP contribution is -2.12. The van der Waals surface area contributed by atoms with E-state index in [1.165, 1.54) is 23.5 Å². The number of nitrogens with two attached hydrogens (primary N) is 1. The van der Waals surface area contributed by atoms with Crippen molar-refractivity contribution >= 4 is 49.7 Å². The molecule has 4 rings (SSSR count). The van der Waals surface area contributed by atoms with Crippen molar-refractivity contribution in [2.45, 2.75) is 0 Å². The van der Waals surface area contributed by atoms with Crippen molar-refractivity contribution in [2.24, 2.45) is 0 Å². The summed E-state index contributed by atoms with van der Waals surface area (Å²) in [4.78, 5) is 18.1.